The van der Waals surface area contributed by atoms with Crippen molar-refractivity contribution in [3.63, 3.8) is 0 Å². The molecular weight excluding hydrogens is 256 g/mol. The van der Waals surface area contributed by atoms with Crippen LogP contribution in [0.15, 0.2) is 35.6 Å². The highest BCUT2D eigenvalue weighted by molar-refractivity contribution is 7.92. The second-order valence-corrected chi connectivity index (χ2v) is 4.89. The fraction of sp³-hybridized carbons (Fsp3) is 0.111. The van der Waals surface area contributed by atoms with E-state index in [9.17, 15) is 8.42 Å². The van der Waals surface area contributed by atoms with Gasteiger partial charge in [0.1, 0.15) is 4.90 Å². The smallest absolute Gasteiger partial charge is 0.266 e. The molecule has 0 aliphatic carbocycles. The lowest BCUT2D eigenvalue weighted by molar-refractivity contribution is 0.600. The Hall–Kier alpha value is -2.29. The van der Waals surface area contributed by atoms with Gasteiger partial charge in [0, 0.05) is 13.2 Å². The summed E-state index contributed by atoms with van der Waals surface area (Å²) >= 11 is 0. The molecule has 9 heteroatoms. The molecule has 8 nitrogen and oxygen atoms in total. The van der Waals surface area contributed by atoms with Gasteiger partial charge in [-0.3, -0.25) is 4.72 Å². The first-order chi connectivity index (χ1) is 8.62. The van der Waals surface area contributed by atoms with Gasteiger partial charge in [-0.15, -0.1) is 5.10 Å². The van der Waals surface area contributed by atoms with Crippen LogP contribution in [-0.2, 0) is 10.0 Å². The Balaban J connectivity index is 2.25. The number of aromatic nitrogens is 4. The summed E-state index contributed by atoms with van der Waals surface area (Å²) in [6.45, 7) is 0. The van der Waals surface area contributed by atoms with Crippen LogP contribution >= 0.6 is 0 Å². The summed E-state index contributed by atoms with van der Waals surface area (Å²) in [4.78, 5) is 7.61. The Labute approximate surface area is 104 Å². The predicted molar refractivity (Wildman–Crippen MR) is 64.4 cm³/mol. The van der Waals surface area contributed by atoms with Crippen molar-refractivity contribution in [1.29, 1.82) is 0 Å². The summed E-state index contributed by atoms with van der Waals surface area (Å²) in [5.74, 6) is 0.476. The average Bonchev–Trinajstić information content (AvgIpc) is 2.39. The third-order valence-corrected chi connectivity index (χ3v) is 3.28. The topological polar surface area (TPSA) is 110 Å². The minimum Gasteiger partial charge on any atom is -0.357 e. The number of nitrogens with one attached hydrogen (secondary N) is 2. The number of hydrogen-bond donors (Lipinski definition) is 2. The van der Waals surface area contributed by atoms with Crippen LogP contribution in [0.1, 0.15) is 0 Å². The fourth-order valence-corrected chi connectivity index (χ4v) is 2.02. The summed E-state index contributed by atoms with van der Waals surface area (Å²) in [6, 6.07) is 3.07. The fourth-order valence-electron chi connectivity index (χ4n) is 1.14. The lowest BCUT2D eigenvalue weighted by atomic mass is 10.6. The highest BCUT2D eigenvalue weighted by atomic mass is 32.2. The molecule has 0 fully saturated rings. The van der Waals surface area contributed by atoms with E-state index in [2.05, 4.69) is 30.2 Å². The number of sulfonamides is 1. The average molecular weight is 266 g/mol. The summed E-state index contributed by atoms with van der Waals surface area (Å²) in [5.41, 5.74) is 0. The zero-order valence-corrected chi connectivity index (χ0v) is 10.2. The van der Waals surface area contributed by atoms with Crippen LogP contribution in [-0.4, -0.2) is 35.6 Å². The molecule has 2 N–H and O–H groups in total. The second kappa shape index (κ2) is 4.92. The first-order valence-corrected chi connectivity index (χ1v) is 6.40. The zero-order chi connectivity index (χ0) is 13.0. The van der Waals surface area contributed by atoms with Gasteiger partial charge in [0.15, 0.2) is 5.82 Å². The highest BCUT2D eigenvalue weighted by Gasteiger charge is 2.15. The normalized spacial score (nSPS) is 10.9. The molecule has 0 atom stereocenters. The molecule has 0 saturated carbocycles. The van der Waals surface area contributed by atoms with Crippen molar-refractivity contribution in [2.45, 2.75) is 4.90 Å². The summed E-state index contributed by atoms with van der Waals surface area (Å²) in [7, 11) is -2.10. The molecule has 0 spiro atoms. The molecule has 2 rings (SSSR count). The number of hydrogen-bond acceptors (Lipinski definition) is 7. The molecule has 0 aliphatic heterocycles. The van der Waals surface area contributed by atoms with Gasteiger partial charge in [0.2, 0.25) is 5.95 Å². The highest BCUT2D eigenvalue weighted by Crippen LogP contribution is 2.12. The number of nitrogens with zero attached hydrogens (tertiary/aromatic N) is 4. The largest absolute Gasteiger partial charge is 0.357 e. The van der Waals surface area contributed by atoms with E-state index in [1.54, 1.807) is 13.1 Å². The van der Waals surface area contributed by atoms with E-state index in [-0.39, 0.29) is 10.7 Å². The third kappa shape index (κ3) is 2.69. The quantitative estimate of drug-likeness (QED) is 0.808. The first-order valence-electron chi connectivity index (χ1n) is 4.92. The monoisotopic (exact) mass is 266 g/mol. The van der Waals surface area contributed by atoms with E-state index < -0.39 is 10.0 Å². The van der Waals surface area contributed by atoms with Gasteiger partial charge in [0.05, 0.1) is 12.4 Å². The van der Waals surface area contributed by atoms with Crippen LogP contribution in [0.25, 0.3) is 0 Å². The minimum atomic E-state index is -3.74. The van der Waals surface area contributed by atoms with Crippen LogP contribution in [0.3, 0.4) is 0 Å². The molecule has 18 heavy (non-hydrogen) atoms. The maximum Gasteiger partial charge on any atom is 0.266 e. The van der Waals surface area contributed by atoms with Crippen molar-refractivity contribution < 1.29 is 8.42 Å². The summed E-state index contributed by atoms with van der Waals surface area (Å²) in [6.07, 6.45) is 3.86. The van der Waals surface area contributed by atoms with E-state index in [4.69, 9.17) is 0 Å². The molecule has 0 radical (unpaired) electrons. The van der Waals surface area contributed by atoms with E-state index >= 15 is 0 Å². The van der Waals surface area contributed by atoms with Gasteiger partial charge in [0.25, 0.3) is 10.0 Å². The van der Waals surface area contributed by atoms with Crippen molar-refractivity contribution in [3.8, 4) is 0 Å². The third-order valence-electron chi connectivity index (χ3n) is 1.97. The zero-order valence-electron chi connectivity index (χ0n) is 9.40. The van der Waals surface area contributed by atoms with Gasteiger partial charge < -0.3 is 5.32 Å². The van der Waals surface area contributed by atoms with E-state index in [1.807, 2.05) is 0 Å². The van der Waals surface area contributed by atoms with Crippen LogP contribution in [0.5, 0.6) is 0 Å². The standard InChI is InChI=1S/C9H10N6O2S/c1-10-9-11-5-7(6-12-9)18(16,17)15-8-3-2-4-13-14-8/h2-6H,1H3,(H,14,15)(H,10,11,12). The number of rotatable bonds is 4. The van der Waals surface area contributed by atoms with E-state index in [1.165, 1.54) is 24.7 Å². The molecular formula is C9H10N6O2S. The Morgan fingerprint density at radius 1 is 1.22 bits per heavy atom. The van der Waals surface area contributed by atoms with Gasteiger partial charge >= 0.3 is 0 Å². The minimum absolute atomic E-state index is 0.0489. The van der Waals surface area contributed by atoms with Crippen LogP contribution < -0.4 is 10.0 Å². The van der Waals surface area contributed by atoms with Gasteiger partial charge in [-0.25, -0.2) is 18.4 Å². The summed E-state index contributed by atoms with van der Waals surface area (Å²) < 4.78 is 26.1. The molecule has 2 heterocycles. The molecule has 2 aromatic rings. The van der Waals surface area contributed by atoms with Crippen molar-refractivity contribution in [2.75, 3.05) is 17.1 Å². The molecule has 0 amide bonds. The molecule has 0 bridgehead atoms. The summed E-state index contributed by atoms with van der Waals surface area (Å²) in [5, 5.41) is 9.90. The predicted octanol–water partition coefficient (Wildman–Crippen LogP) is 0.109. The van der Waals surface area contributed by atoms with Crippen LogP contribution in [0.4, 0.5) is 11.8 Å². The second-order valence-electron chi connectivity index (χ2n) is 3.21. The van der Waals surface area contributed by atoms with Crippen LogP contribution in [0, 0.1) is 0 Å². The molecule has 0 unspecified atom stereocenters. The SMILES string of the molecule is CNc1ncc(S(=O)(=O)Nc2cccnn2)cn1. The molecule has 2 aromatic heterocycles. The Kier molecular flexibility index (Phi) is 3.33. The van der Waals surface area contributed by atoms with Gasteiger partial charge in [-0.2, -0.15) is 5.10 Å². The van der Waals surface area contributed by atoms with Gasteiger partial charge in [-0.05, 0) is 12.1 Å². The molecule has 0 saturated heterocycles. The molecule has 94 valence electrons. The Bertz CT molecular complexity index is 613. The van der Waals surface area contributed by atoms with Crippen molar-refractivity contribution >= 4 is 21.8 Å². The lowest BCUT2D eigenvalue weighted by Crippen LogP contribution is -2.15. The molecule has 0 aliphatic rings. The Morgan fingerprint density at radius 3 is 2.50 bits per heavy atom. The maximum atomic E-state index is 11.9. The first kappa shape index (κ1) is 12.2. The van der Waals surface area contributed by atoms with Crippen LogP contribution in [0.2, 0.25) is 0 Å². The van der Waals surface area contributed by atoms with E-state index in [0.29, 0.717) is 5.95 Å². The van der Waals surface area contributed by atoms with Crippen molar-refractivity contribution in [2.24, 2.45) is 0 Å². The van der Waals surface area contributed by atoms with Crippen molar-refractivity contribution in [3.05, 3.63) is 30.7 Å². The molecule has 0 aromatic carbocycles. The number of anilines is 2. The lowest BCUT2D eigenvalue weighted by Gasteiger charge is -2.06. The Morgan fingerprint density at radius 2 is 1.94 bits per heavy atom. The maximum absolute atomic E-state index is 11.9. The van der Waals surface area contributed by atoms with Crippen molar-refractivity contribution in [1.82, 2.24) is 20.2 Å². The van der Waals surface area contributed by atoms with Gasteiger partial charge in [-0.1, -0.05) is 0 Å². The van der Waals surface area contributed by atoms with E-state index in [0.717, 1.165) is 0 Å².